The SMILES string of the molecule is COc1cccc(CNCc2cnc[nH]2)c1O. The van der Waals surface area contributed by atoms with Crippen LogP contribution in [0.5, 0.6) is 11.5 Å². The first-order valence-electron chi connectivity index (χ1n) is 5.34. The van der Waals surface area contributed by atoms with Gasteiger partial charge in [0.2, 0.25) is 0 Å². The predicted molar refractivity (Wildman–Crippen MR) is 63.8 cm³/mol. The first kappa shape index (κ1) is 11.5. The Balaban J connectivity index is 1.95. The highest BCUT2D eigenvalue weighted by atomic mass is 16.5. The van der Waals surface area contributed by atoms with Crippen molar-refractivity contribution in [3.8, 4) is 11.5 Å². The second-order valence-electron chi connectivity index (χ2n) is 3.65. The lowest BCUT2D eigenvalue weighted by molar-refractivity contribution is 0.369. The lowest BCUT2D eigenvalue weighted by Gasteiger charge is -2.09. The summed E-state index contributed by atoms with van der Waals surface area (Å²) in [6.45, 7) is 1.25. The molecule has 90 valence electrons. The van der Waals surface area contributed by atoms with Gasteiger partial charge in [0.05, 0.1) is 13.4 Å². The lowest BCUT2D eigenvalue weighted by atomic mass is 10.2. The number of imidazole rings is 1. The number of ether oxygens (including phenoxy) is 1. The standard InChI is InChI=1S/C12H15N3O2/c1-17-11-4-2-3-9(12(11)16)5-13-6-10-7-14-8-15-10/h2-4,7-8,13,16H,5-6H2,1H3,(H,14,15). The van der Waals surface area contributed by atoms with Gasteiger partial charge < -0.3 is 20.1 Å². The minimum atomic E-state index is 0.187. The highest BCUT2D eigenvalue weighted by Crippen LogP contribution is 2.29. The molecule has 0 bridgehead atoms. The number of phenols is 1. The van der Waals surface area contributed by atoms with Gasteiger partial charge in [0.1, 0.15) is 0 Å². The van der Waals surface area contributed by atoms with Crippen molar-refractivity contribution in [2.45, 2.75) is 13.1 Å². The second kappa shape index (κ2) is 5.36. The van der Waals surface area contributed by atoms with Crippen LogP contribution in [0, 0.1) is 0 Å². The summed E-state index contributed by atoms with van der Waals surface area (Å²) in [5.74, 6) is 0.679. The third-order valence-electron chi connectivity index (χ3n) is 2.49. The van der Waals surface area contributed by atoms with Gasteiger partial charge in [0.25, 0.3) is 0 Å². The monoisotopic (exact) mass is 233 g/mol. The summed E-state index contributed by atoms with van der Waals surface area (Å²) >= 11 is 0. The molecule has 0 aliphatic rings. The maximum absolute atomic E-state index is 9.86. The highest BCUT2D eigenvalue weighted by Gasteiger charge is 2.06. The van der Waals surface area contributed by atoms with Crippen LogP contribution in [0.2, 0.25) is 0 Å². The van der Waals surface area contributed by atoms with Gasteiger partial charge in [0, 0.05) is 30.5 Å². The number of rotatable bonds is 5. The van der Waals surface area contributed by atoms with E-state index in [1.54, 1.807) is 18.6 Å². The van der Waals surface area contributed by atoms with E-state index < -0.39 is 0 Å². The van der Waals surface area contributed by atoms with E-state index in [1.807, 2.05) is 12.1 Å². The minimum Gasteiger partial charge on any atom is -0.504 e. The molecule has 1 aromatic heterocycles. The fourth-order valence-corrected chi connectivity index (χ4v) is 1.59. The molecule has 0 amide bonds. The van der Waals surface area contributed by atoms with Crippen molar-refractivity contribution in [3.05, 3.63) is 42.0 Å². The normalized spacial score (nSPS) is 10.4. The number of benzene rings is 1. The quantitative estimate of drug-likeness (QED) is 0.730. The number of hydrogen-bond donors (Lipinski definition) is 3. The Morgan fingerprint density at radius 1 is 1.41 bits per heavy atom. The molecule has 0 saturated carbocycles. The molecule has 5 heteroatoms. The highest BCUT2D eigenvalue weighted by molar-refractivity contribution is 5.45. The number of phenolic OH excluding ortho intramolecular Hbond substituents is 1. The van der Waals surface area contributed by atoms with Crippen LogP contribution in [0.25, 0.3) is 0 Å². The molecule has 2 aromatic rings. The predicted octanol–water partition coefficient (Wildman–Crippen LogP) is 1.41. The van der Waals surface area contributed by atoms with Crippen molar-refractivity contribution < 1.29 is 9.84 Å². The van der Waals surface area contributed by atoms with Crippen LogP contribution in [0.1, 0.15) is 11.3 Å². The maximum Gasteiger partial charge on any atom is 0.162 e. The fourth-order valence-electron chi connectivity index (χ4n) is 1.59. The van der Waals surface area contributed by atoms with E-state index in [0.29, 0.717) is 18.8 Å². The average molecular weight is 233 g/mol. The minimum absolute atomic E-state index is 0.187. The molecule has 0 fully saturated rings. The van der Waals surface area contributed by atoms with Gasteiger partial charge in [-0.25, -0.2) is 4.98 Å². The molecule has 0 aliphatic heterocycles. The summed E-state index contributed by atoms with van der Waals surface area (Å²) in [7, 11) is 1.54. The molecular weight excluding hydrogens is 218 g/mol. The Kier molecular flexibility index (Phi) is 3.62. The summed E-state index contributed by atoms with van der Waals surface area (Å²) < 4.78 is 5.04. The number of H-pyrrole nitrogens is 1. The van der Waals surface area contributed by atoms with E-state index in [0.717, 1.165) is 11.3 Å². The Bertz CT molecular complexity index is 469. The molecule has 2 rings (SSSR count). The molecule has 5 nitrogen and oxygen atoms in total. The second-order valence-corrected chi connectivity index (χ2v) is 3.65. The molecule has 0 saturated heterocycles. The molecule has 0 unspecified atom stereocenters. The number of para-hydroxylation sites is 1. The van der Waals surface area contributed by atoms with Crippen LogP contribution in [0.4, 0.5) is 0 Å². The van der Waals surface area contributed by atoms with Crippen molar-refractivity contribution in [1.29, 1.82) is 0 Å². The molecule has 17 heavy (non-hydrogen) atoms. The van der Waals surface area contributed by atoms with E-state index in [-0.39, 0.29) is 5.75 Å². The number of nitrogens with zero attached hydrogens (tertiary/aromatic N) is 1. The van der Waals surface area contributed by atoms with Gasteiger partial charge in [-0.3, -0.25) is 0 Å². The number of nitrogens with one attached hydrogen (secondary N) is 2. The third-order valence-corrected chi connectivity index (χ3v) is 2.49. The van der Waals surface area contributed by atoms with E-state index in [9.17, 15) is 5.11 Å². The van der Waals surface area contributed by atoms with Gasteiger partial charge in [-0.15, -0.1) is 0 Å². The zero-order valence-corrected chi connectivity index (χ0v) is 9.60. The van der Waals surface area contributed by atoms with Crippen molar-refractivity contribution in [3.63, 3.8) is 0 Å². The summed E-state index contributed by atoms with van der Waals surface area (Å²) in [6, 6.07) is 5.44. The Labute approximate surface area is 99.5 Å². The molecule has 1 aromatic carbocycles. The van der Waals surface area contributed by atoms with Crippen LogP contribution < -0.4 is 10.1 Å². The van der Waals surface area contributed by atoms with Crippen molar-refractivity contribution in [1.82, 2.24) is 15.3 Å². The molecular formula is C12H15N3O2. The third kappa shape index (κ3) is 2.76. The Hall–Kier alpha value is -2.01. The van der Waals surface area contributed by atoms with Crippen molar-refractivity contribution in [2.75, 3.05) is 7.11 Å². The first-order chi connectivity index (χ1) is 8.31. The number of aromatic hydroxyl groups is 1. The molecule has 0 atom stereocenters. The lowest BCUT2D eigenvalue weighted by Crippen LogP contribution is -2.13. The summed E-state index contributed by atoms with van der Waals surface area (Å²) in [6.07, 6.45) is 3.40. The van der Waals surface area contributed by atoms with Crippen molar-refractivity contribution in [2.24, 2.45) is 0 Å². The van der Waals surface area contributed by atoms with Crippen LogP contribution in [-0.2, 0) is 13.1 Å². The van der Waals surface area contributed by atoms with Gasteiger partial charge in [0.15, 0.2) is 11.5 Å². The number of aromatic nitrogens is 2. The van der Waals surface area contributed by atoms with E-state index in [2.05, 4.69) is 15.3 Å². The average Bonchev–Trinajstić information content (AvgIpc) is 2.84. The largest absolute Gasteiger partial charge is 0.504 e. The van der Waals surface area contributed by atoms with E-state index in [4.69, 9.17) is 4.74 Å². The Morgan fingerprint density at radius 3 is 3.00 bits per heavy atom. The van der Waals surface area contributed by atoms with Gasteiger partial charge in [-0.05, 0) is 6.07 Å². The van der Waals surface area contributed by atoms with Crippen LogP contribution in [0.15, 0.2) is 30.7 Å². The number of methoxy groups -OCH3 is 1. The fraction of sp³-hybridized carbons (Fsp3) is 0.250. The smallest absolute Gasteiger partial charge is 0.162 e. The summed E-state index contributed by atoms with van der Waals surface area (Å²) in [5.41, 5.74) is 1.82. The summed E-state index contributed by atoms with van der Waals surface area (Å²) in [5, 5.41) is 13.1. The van der Waals surface area contributed by atoms with Crippen LogP contribution in [0.3, 0.4) is 0 Å². The van der Waals surface area contributed by atoms with Gasteiger partial charge >= 0.3 is 0 Å². The molecule has 1 heterocycles. The number of hydrogen-bond acceptors (Lipinski definition) is 4. The molecule has 0 radical (unpaired) electrons. The maximum atomic E-state index is 9.86. The zero-order valence-electron chi connectivity index (χ0n) is 9.60. The molecule has 0 spiro atoms. The van der Waals surface area contributed by atoms with Gasteiger partial charge in [-0.1, -0.05) is 12.1 Å². The van der Waals surface area contributed by atoms with Crippen molar-refractivity contribution >= 4 is 0 Å². The molecule has 3 N–H and O–H groups in total. The van der Waals surface area contributed by atoms with Crippen LogP contribution >= 0.6 is 0 Å². The zero-order chi connectivity index (χ0) is 12.1. The Morgan fingerprint density at radius 2 is 2.29 bits per heavy atom. The topological polar surface area (TPSA) is 70.2 Å². The van der Waals surface area contributed by atoms with Gasteiger partial charge in [-0.2, -0.15) is 0 Å². The van der Waals surface area contributed by atoms with E-state index >= 15 is 0 Å². The first-order valence-corrected chi connectivity index (χ1v) is 5.34. The van der Waals surface area contributed by atoms with E-state index in [1.165, 1.54) is 7.11 Å². The summed E-state index contributed by atoms with van der Waals surface area (Å²) in [4.78, 5) is 6.93. The number of aromatic amines is 1. The molecule has 0 aliphatic carbocycles. The van der Waals surface area contributed by atoms with Crippen LogP contribution in [-0.4, -0.2) is 22.2 Å².